The van der Waals surface area contributed by atoms with Crippen LogP contribution in [-0.2, 0) is 10.0 Å². The Balaban J connectivity index is 0.00000364. The highest BCUT2D eigenvalue weighted by Crippen LogP contribution is 2.15. The minimum atomic E-state index is -3.11. The van der Waals surface area contributed by atoms with E-state index in [1.165, 1.54) is 0 Å². The van der Waals surface area contributed by atoms with Crippen molar-refractivity contribution in [1.82, 2.24) is 19.9 Å². The SMILES string of the molecule is CCNC(=NCC(O)c1ccncc1)NC1CCN(S(=O)(=O)CC)CC1.I. The summed E-state index contributed by atoms with van der Waals surface area (Å²) in [6.07, 6.45) is 4.06. The molecular weight excluding hydrogens is 481 g/mol. The van der Waals surface area contributed by atoms with E-state index in [1.807, 2.05) is 6.92 Å². The van der Waals surface area contributed by atoms with E-state index in [4.69, 9.17) is 0 Å². The zero-order chi connectivity index (χ0) is 19.0. The van der Waals surface area contributed by atoms with Gasteiger partial charge in [0, 0.05) is 38.1 Å². The molecule has 2 rings (SSSR count). The lowest BCUT2D eigenvalue weighted by Gasteiger charge is -2.32. The first-order valence-electron chi connectivity index (χ1n) is 9.07. The number of halogens is 1. The Morgan fingerprint density at radius 3 is 2.52 bits per heavy atom. The summed E-state index contributed by atoms with van der Waals surface area (Å²) < 4.78 is 25.4. The fraction of sp³-hybridized carbons (Fsp3) is 0.647. The van der Waals surface area contributed by atoms with Crippen molar-refractivity contribution in [2.24, 2.45) is 4.99 Å². The molecule has 1 saturated heterocycles. The fourth-order valence-corrected chi connectivity index (χ4v) is 3.98. The van der Waals surface area contributed by atoms with Gasteiger partial charge >= 0.3 is 0 Å². The third-order valence-electron chi connectivity index (χ3n) is 4.41. The van der Waals surface area contributed by atoms with E-state index in [-0.39, 0.29) is 42.3 Å². The van der Waals surface area contributed by atoms with Crippen LogP contribution >= 0.6 is 24.0 Å². The van der Waals surface area contributed by atoms with Crippen LogP contribution in [-0.4, -0.2) is 66.7 Å². The van der Waals surface area contributed by atoms with Crippen LogP contribution in [0.2, 0.25) is 0 Å². The van der Waals surface area contributed by atoms with Gasteiger partial charge < -0.3 is 15.7 Å². The Morgan fingerprint density at radius 2 is 1.96 bits per heavy atom. The summed E-state index contributed by atoms with van der Waals surface area (Å²) in [6, 6.07) is 3.70. The summed E-state index contributed by atoms with van der Waals surface area (Å²) in [4.78, 5) is 8.40. The first-order chi connectivity index (χ1) is 12.5. The molecule has 1 aliphatic rings. The molecule has 0 bridgehead atoms. The molecule has 0 aliphatic carbocycles. The number of hydrogen-bond donors (Lipinski definition) is 3. The number of piperidine rings is 1. The summed E-state index contributed by atoms with van der Waals surface area (Å²) in [5, 5.41) is 16.8. The first kappa shape index (κ1) is 24.1. The molecule has 0 aromatic carbocycles. The van der Waals surface area contributed by atoms with E-state index >= 15 is 0 Å². The lowest BCUT2D eigenvalue weighted by molar-refractivity contribution is 0.187. The summed E-state index contributed by atoms with van der Waals surface area (Å²) in [7, 11) is -3.11. The number of sulfonamides is 1. The van der Waals surface area contributed by atoms with Gasteiger partial charge in [-0.05, 0) is 44.4 Å². The van der Waals surface area contributed by atoms with Gasteiger partial charge in [-0.3, -0.25) is 9.98 Å². The molecule has 1 aromatic heterocycles. The van der Waals surface area contributed by atoms with Gasteiger partial charge in [-0.15, -0.1) is 24.0 Å². The average molecular weight is 511 g/mol. The molecule has 27 heavy (non-hydrogen) atoms. The molecule has 0 saturated carbocycles. The number of rotatable bonds is 7. The van der Waals surface area contributed by atoms with Crippen molar-refractivity contribution < 1.29 is 13.5 Å². The monoisotopic (exact) mass is 511 g/mol. The van der Waals surface area contributed by atoms with Crippen LogP contribution in [0.4, 0.5) is 0 Å². The molecule has 2 heterocycles. The van der Waals surface area contributed by atoms with E-state index in [9.17, 15) is 13.5 Å². The Bertz CT molecular complexity index is 679. The van der Waals surface area contributed by atoms with Gasteiger partial charge in [-0.2, -0.15) is 0 Å². The summed E-state index contributed by atoms with van der Waals surface area (Å²) in [6.45, 7) is 5.64. The zero-order valence-corrected chi connectivity index (χ0v) is 19.0. The molecule has 0 spiro atoms. The van der Waals surface area contributed by atoms with E-state index in [2.05, 4.69) is 20.6 Å². The van der Waals surface area contributed by atoms with Crippen LogP contribution < -0.4 is 10.6 Å². The third-order valence-corrected chi connectivity index (χ3v) is 6.29. The van der Waals surface area contributed by atoms with Crippen LogP contribution in [0.25, 0.3) is 0 Å². The zero-order valence-electron chi connectivity index (χ0n) is 15.8. The standard InChI is InChI=1S/C17H29N5O3S.HI/c1-3-19-17(20-13-16(23)14-5-9-18-10-6-14)21-15-7-11-22(12-8-15)26(24,25)4-2;/h5-6,9-10,15-16,23H,3-4,7-8,11-13H2,1-2H3,(H2,19,20,21);1H. The minimum Gasteiger partial charge on any atom is -0.386 e. The maximum Gasteiger partial charge on any atom is 0.213 e. The maximum atomic E-state index is 11.9. The number of guanidine groups is 1. The smallest absolute Gasteiger partial charge is 0.213 e. The molecule has 0 amide bonds. The van der Waals surface area contributed by atoms with Crippen molar-refractivity contribution in [1.29, 1.82) is 0 Å². The van der Waals surface area contributed by atoms with Crippen molar-refractivity contribution in [2.75, 3.05) is 31.9 Å². The second-order valence-electron chi connectivity index (χ2n) is 6.23. The highest BCUT2D eigenvalue weighted by molar-refractivity contribution is 14.0. The number of nitrogens with zero attached hydrogens (tertiary/aromatic N) is 3. The number of nitrogens with one attached hydrogen (secondary N) is 2. The van der Waals surface area contributed by atoms with Crippen molar-refractivity contribution in [3.05, 3.63) is 30.1 Å². The van der Waals surface area contributed by atoms with Gasteiger partial charge in [0.15, 0.2) is 5.96 Å². The molecular formula is C17H30IN5O3S. The van der Waals surface area contributed by atoms with Crippen molar-refractivity contribution >= 4 is 40.0 Å². The minimum absolute atomic E-state index is 0. The van der Waals surface area contributed by atoms with Crippen LogP contribution in [0.15, 0.2) is 29.5 Å². The Kier molecular flexibility index (Phi) is 10.5. The number of aromatic nitrogens is 1. The Labute approximate surface area is 178 Å². The first-order valence-corrected chi connectivity index (χ1v) is 10.7. The second-order valence-corrected chi connectivity index (χ2v) is 8.49. The van der Waals surface area contributed by atoms with Gasteiger partial charge in [0.05, 0.1) is 18.4 Å². The molecule has 8 nitrogen and oxygen atoms in total. The normalized spacial score (nSPS) is 17.8. The highest BCUT2D eigenvalue weighted by atomic mass is 127. The average Bonchev–Trinajstić information content (AvgIpc) is 2.67. The van der Waals surface area contributed by atoms with Gasteiger partial charge in [-0.1, -0.05) is 0 Å². The number of hydrogen-bond acceptors (Lipinski definition) is 5. The predicted octanol–water partition coefficient (Wildman–Crippen LogP) is 1.10. The van der Waals surface area contributed by atoms with E-state index in [1.54, 1.807) is 35.8 Å². The van der Waals surface area contributed by atoms with Gasteiger partial charge in [-0.25, -0.2) is 12.7 Å². The number of aliphatic hydroxyl groups excluding tert-OH is 1. The quantitative estimate of drug-likeness (QED) is 0.288. The van der Waals surface area contributed by atoms with Gasteiger partial charge in [0.2, 0.25) is 10.0 Å². The fourth-order valence-electron chi connectivity index (χ4n) is 2.84. The Morgan fingerprint density at radius 1 is 1.33 bits per heavy atom. The largest absolute Gasteiger partial charge is 0.386 e. The molecule has 1 unspecified atom stereocenters. The summed E-state index contributed by atoms with van der Waals surface area (Å²) in [5.41, 5.74) is 0.776. The highest BCUT2D eigenvalue weighted by Gasteiger charge is 2.27. The lowest BCUT2D eigenvalue weighted by atomic mass is 10.1. The molecule has 1 atom stereocenters. The van der Waals surface area contributed by atoms with Crippen LogP contribution in [0.1, 0.15) is 38.4 Å². The predicted molar refractivity (Wildman–Crippen MR) is 118 cm³/mol. The van der Waals surface area contributed by atoms with Gasteiger partial charge in [0.25, 0.3) is 0 Å². The molecule has 1 aromatic rings. The lowest BCUT2D eigenvalue weighted by Crippen LogP contribution is -2.50. The van der Waals surface area contributed by atoms with Crippen LogP contribution in [0, 0.1) is 0 Å². The molecule has 154 valence electrons. The number of aliphatic imine (C=N–C) groups is 1. The van der Waals surface area contributed by atoms with Crippen molar-refractivity contribution in [3.8, 4) is 0 Å². The van der Waals surface area contributed by atoms with E-state index < -0.39 is 16.1 Å². The summed E-state index contributed by atoms with van der Waals surface area (Å²) >= 11 is 0. The van der Waals surface area contributed by atoms with Crippen molar-refractivity contribution in [2.45, 2.75) is 38.8 Å². The third kappa shape index (κ3) is 7.51. The molecule has 1 fully saturated rings. The van der Waals surface area contributed by atoms with Crippen LogP contribution in [0.3, 0.4) is 0 Å². The maximum absolute atomic E-state index is 11.9. The molecule has 1 aliphatic heterocycles. The van der Waals surface area contributed by atoms with E-state index in [0.717, 1.165) is 18.4 Å². The number of aliphatic hydroxyl groups is 1. The van der Waals surface area contributed by atoms with Crippen LogP contribution in [0.5, 0.6) is 0 Å². The summed E-state index contributed by atoms with van der Waals surface area (Å²) in [5.74, 6) is 0.777. The topological polar surface area (TPSA) is 107 Å². The Hall–Kier alpha value is -0.980. The van der Waals surface area contributed by atoms with Gasteiger partial charge in [0.1, 0.15) is 0 Å². The van der Waals surface area contributed by atoms with E-state index in [0.29, 0.717) is 25.6 Å². The van der Waals surface area contributed by atoms with Crippen molar-refractivity contribution in [3.63, 3.8) is 0 Å². The molecule has 0 radical (unpaired) electrons. The second kappa shape index (κ2) is 11.8. The number of pyridine rings is 1. The molecule has 3 N–H and O–H groups in total. The molecule has 10 heteroatoms.